The van der Waals surface area contributed by atoms with Gasteiger partial charge in [0.25, 0.3) is 0 Å². The number of nitrogens with one attached hydrogen (secondary N) is 5. The molecule has 4 aromatic rings. The molecule has 1 saturated heterocycles. The lowest BCUT2D eigenvalue weighted by Gasteiger charge is -2.42. The summed E-state index contributed by atoms with van der Waals surface area (Å²) in [5, 5.41) is 35.0. The number of rotatable bonds is 12. The number of ether oxygens (including phenoxy) is 1. The second-order valence-corrected chi connectivity index (χ2v) is 16.6. The molecule has 15 heteroatoms. The normalized spacial score (nSPS) is 22.0. The second-order valence-electron chi connectivity index (χ2n) is 16.6. The van der Waals surface area contributed by atoms with Crippen LogP contribution in [0.15, 0.2) is 115 Å². The zero-order valence-corrected chi connectivity index (χ0v) is 36.7. The van der Waals surface area contributed by atoms with E-state index in [0.717, 1.165) is 27.8 Å². The number of aliphatic hydroxyl groups excluding tert-OH is 2. The SMILES string of the molecule is NCCOCCNC(=O)[C@@H]1CCNC(O)/C=C/C(=O)N2CCC[C@](Cc3ccccc3)(C2)C(=O)N[C@@H](Cc2ccc(-c3ccc(CO)cc3)cc2)C(=O)NCc2ccccc2CC(=O)N1. The zero-order valence-electron chi connectivity index (χ0n) is 36.7. The van der Waals surface area contributed by atoms with E-state index in [1.54, 1.807) is 17.0 Å². The van der Waals surface area contributed by atoms with E-state index in [0.29, 0.717) is 50.1 Å². The summed E-state index contributed by atoms with van der Waals surface area (Å²) < 4.78 is 5.38. The second kappa shape index (κ2) is 24.2. The van der Waals surface area contributed by atoms with Gasteiger partial charge in [-0.15, -0.1) is 0 Å². The Bertz CT molecular complexity index is 2240. The molecule has 4 atom stereocenters. The molecular weight excluding hydrogens is 827 g/mol. The maximum absolute atomic E-state index is 14.9. The summed E-state index contributed by atoms with van der Waals surface area (Å²) in [5.41, 5.74) is 10.1. The van der Waals surface area contributed by atoms with Gasteiger partial charge in [0.15, 0.2) is 0 Å². The highest BCUT2D eigenvalue weighted by Crippen LogP contribution is 2.35. The van der Waals surface area contributed by atoms with Gasteiger partial charge in [0.1, 0.15) is 18.3 Å². The van der Waals surface area contributed by atoms with E-state index in [1.165, 1.54) is 12.2 Å². The molecule has 344 valence electrons. The zero-order chi connectivity index (χ0) is 46.0. The van der Waals surface area contributed by atoms with Gasteiger partial charge in [-0.05, 0) is 70.7 Å². The van der Waals surface area contributed by atoms with Gasteiger partial charge in [-0.1, -0.05) is 103 Å². The Labute approximate surface area is 380 Å². The lowest BCUT2D eigenvalue weighted by atomic mass is 9.74. The molecule has 5 amide bonds. The molecule has 65 heavy (non-hydrogen) atoms. The Morgan fingerprint density at radius 2 is 1.54 bits per heavy atom. The van der Waals surface area contributed by atoms with Crippen LogP contribution in [0.3, 0.4) is 0 Å². The third-order valence-electron chi connectivity index (χ3n) is 11.8. The van der Waals surface area contributed by atoms with E-state index in [-0.39, 0.29) is 64.6 Å². The smallest absolute Gasteiger partial charge is 0.246 e. The minimum Gasteiger partial charge on any atom is -0.392 e. The summed E-state index contributed by atoms with van der Waals surface area (Å²) >= 11 is 0. The lowest BCUT2D eigenvalue weighted by molar-refractivity contribution is -0.141. The highest BCUT2D eigenvalue weighted by Gasteiger charge is 2.44. The Kier molecular flexibility index (Phi) is 17.9. The molecule has 4 aromatic carbocycles. The molecule has 0 aliphatic carbocycles. The number of aliphatic hydroxyl groups is 2. The van der Waals surface area contributed by atoms with Gasteiger partial charge in [-0.2, -0.15) is 0 Å². The number of nitrogens with zero attached hydrogens (tertiary/aromatic N) is 1. The van der Waals surface area contributed by atoms with Crippen LogP contribution in [0.5, 0.6) is 0 Å². The van der Waals surface area contributed by atoms with Crippen molar-refractivity contribution in [1.29, 1.82) is 0 Å². The number of hydrogen-bond acceptors (Lipinski definition) is 10. The number of benzene rings is 4. The van der Waals surface area contributed by atoms with Gasteiger partial charge in [0.2, 0.25) is 29.5 Å². The third-order valence-corrected chi connectivity index (χ3v) is 11.8. The first kappa shape index (κ1) is 48.2. The van der Waals surface area contributed by atoms with Crippen molar-refractivity contribution < 1.29 is 38.9 Å². The summed E-state index contributed by atoms with van der Waals surface area (Å²) in [5.74, 6) is -2.04. The van der Waals surface area contributed by atoms with E-state index in [9.17, 15) is 34.2 Å². The predicted octanol–water partition coefficient (Wildman–Crippen LogP) is 2.03. The largest absolute Gasteiger partial charge is 0.392 e. The molecule has 2 aliphatic rings. The Morgan fingerprint density at radius 1 is 0.846 bits per heavy atom. The Hall–Kier alpha value is -6.23. The molecule has 9 N–H and O–H groups in total. The van der Waals surface area contributed by atoms with Crippen LogP contribution >= 0.6 is 0 Å². The fourth-order valence-corrected chi connectivity index (χ4v) is 8.28. The van der Waals surface area contributed by atoms with E-state index < -0.39 is 47.4 Å². The summed E-state index contributed by atoms with van der Waals surface area (Å²) in [6.45, 7) is 1.70. The lowest BCUT2D eigenvalue weighted by Crippen LogP contribution is -2.58. The molecule has 0 saturated carbocycles. The molecule has 15 nitrogen and oxygen atoms in total. The monoisotopic (exact) mass is 887 g/mol. The molecule has 1 unspecified atom stereocenters. The van der Waals surface area contributed by atoms with Crippen molar-refractivity contribution in [3.05, 3.63) is 143 Å². The molecule has 0 spiro atoms. The number of piperidine rings is 1. The molecule has 2 aliphatic heterocycles. The maximum atomic E-state index is 14.9. The summed E-state index contributed by atoms with van der Waals surface area (Å²) in [4.78, 5) is 71.6. The molecular formula is C50H61N7O8. The summed E-state index contributed by atoms with van der Waals surface area (Å²) in [7, 11) is 0. The molecule has 6 rings (SSSR count). The first-order chi connectivity index (χ1) is 31.6. The van der Waals surface area contributed by atoms with Crippen LogP contribution in [0.1, 0.15) is 47.1 Å². The number of amides is 5. The van der Waals surface area contributed by atoms with Crippen LogP contribution in [0.25, 0.3) is 11.1 Å². The average molecular weight is 888 g/mol. The van der Waals surface area contributed by atoms with Crippen molar-refractivity contribution in [1.82, 2.24) is 31.5 Å². The number of carbonyl (C=O) groups excluding carboxylic acids is 5. The Balaban J connectivity index is 1.30. The van der Waals surface area contributed by atoms with Crippen LogP contribution in [0.4, 0.5) is 0 Å². The van der Waals surface area contributed by atoms with Crippen LogP contribution in [-0.4, -0.2) is 109 Å². The van der Waals surface area contributed by atoms with E-state index in [4.69, 9.17) is 10.5 Å². The molecule has 0 aromatic heterocycles. The van der Waals surface area contributed by atoms with Gasteiger partial charge >= 0.3 is 0 Å². The van der Waals surface area contributed by atoms with Gasteiger partial charge in [-0.25, -0.2) is 0 Å². The van der Waals surface area contributed by atoms with Gasteiger partial charge < -0.3 is 46.9 Å². The van der Waals surface area contributed by atoms with E-state index in [1.807, 2.05) is 91.0 Å². The van der Waals surface area contributed by atoms with E-state index >= 15 is 0 Å². The molecule has 2 bridgehead atoms. The first-order valence-corrected chi connectivity index (χ1v) is 22.3. The minimum atomic E-state index is -1.25. The van der Waals surface area contributed by atoms with Crippen LogP contribution in [0.2, 0.25) is 0 Å². The predicted molar refractivity (Wildman–Crippen MR) is 246 cm³/mol. The maximum Gasteiger partial charge on any atom is 0.246 e. The fourth-order valence-electron chi connectivity index (χ4n) is 8.28. The highest BCUT2D eigenvalue weighted by molar-refractivity contribution is 5.93. The minimum absolute atomic E-state index is 0.0513. The molecule has 1 fully saturated rings. The van der Waals surface area contributed by atoms with Crippen molar-refractivity contribution >= 4 is 29.5 Å². The standard InChI is InChI=1S/C50H61N7O8/c51-23-27-65-28-25-53-47(62)42-21-24-52-44(59)19-20-46(61)57-26-6-22-50(34-57,31-36-7-2-1-3-8-36)49(64)56-43(48(63)54-32-41-10-5-4-9-40(41)30-45(60)55-42)29-35-11-15-38(16-12-35)39-17-13-37(33-58)14-18-39/h1-5,7-20,42-44,52,58-59H,6,21-34,51H2,(H,53,62)(H,54,63)(H,55,60)(H,56,64)/b20-19+/t42-,43-,44?,50-/m0/s1. The average Bonchev–Trinajstić information content (AvgIpc) is 3.32. The topological polar surface area (TPSA) is 224 Å². The number of fused-ring (bicyclic) bond motifs is 3. The van der Waals surface area contributed by atoms with Crippen LogP contribution in [-0.2, 0) is 61.1 Å². The van der Waals surface area contributed by atoms with Gasteiger partial charge in [0, 0.05) is 51.8 Å². The number of hydrogen-bond donors (Lipinski definition) is 8. The van der Waals surface area contributed by atoms with Crippen molar-refractivity contribution in [2.75, 3.05) is 45.9 Å². The Morgan fingerprint density at radius 3 is 2.25 bits per heavy atom. The van der Waals surface area contributed by atoms with Crippen molar-refractivity contribution in [2.24, 2.45) is 11.1 Å². The van der Waals surface area contributed by atoms with Crippen molar-refractivity contribution in [3.63, 3.8) is 0 Å². The number of nitrogens with two attached hydrogens (primary N) is 1. The van der Waals surface area contributed by atoms with Crippen molar-refractivity contribution in [2.45, 2.75) is 70.0 Å². The van der Waals surface area contributed by atoms with Crippen LogP contribution in [0, 0.1) is 5.41 Å². The highest BCUT2D eigenvalue weighted by atomic mass is 16.5. The summed E-state index contributed by atoms with van der Waals surface area (Å²) in [6.07, 6.45) is 2.83. The first-order valence-electron chi connectivity index (χ1n) is 22.3. The quantitative estimate of drug-likeness (QED) is 0.0967. The molecule has 0 radical (unpaired) electrons. The molecule has 2 heterocycles. The fraction of sp³-hybridized carbons (Fsp3) is 0.380. The third kappa shape index (κ3) is 14.1. The number of carbonyl (C=O) groups is 5. The van der Waals surface area contributed by atoms with Gasteiger partial charge in [0.05, 0.1) is 31.7 Å². The van der Waals surface area contributed by atoms with Crippen molar-refractivity contribution in [3.8, 4) is 11.1 Å². The van der Waals surface area contributed by atoms with E-state index in [2.05, 4.69) is 26.6 Å². The van der Waals surface area contributed by atoms with Crippen LogP contribution < -0.4 is 32.3 Å². The summed E-state index contributed by atoms with van der Waals surface area (Å²) in [6, 6.07) is 30.1. The van der Waals surface area contributed by atoms with Gasteiger partial charge in [-0.3, -0.25) is 29.3 Å².